The Labute approximate surface area is 112 Å². The van der Waals surface area contributed by atoms with Gasteiger partial charge in [-0.15, -0.1) is 0 Å². The molecule has 0 aliphatic rings. The van der Waals surface area contributed by atoms with Crippen molar-refractivity contribution in [3.63, 3.8) is 0 Å². The summed E-state index contributed by atoms with van der Waals surface area (Å²) in [4.78, 5) is 0. The van der Waals surface area contributed by atoms with Crippen LogP contribution in [-0.4, -0.2) is 19.8 Å². The molecular weight excluding hydrogens is 222 g/mol. The average Bonchev–Trinajstić information content (AvgIpc) is 2.31. The van der Waals surface area contributed by atoms with Gasteiger partial charge in [0.05, 0.1) is 6.61 Å². The average molecular weight is 249 g/mol. The van der Waals surface area contributed by atoms with E-state index in [9.17, 15) is 0 Å². The summed E-state index contributed by atoms with van der Waals surface area (Å²) in [7, 11) is 1.76. The molecular formula is C16H27NO. The first-order chi connectivity index (χ1) is 8.45. The normalized spacial score (nSPS) is 14.8. The zero-order chi connectivity index (χ0) is 13.7. The van der Waals surface area contributed by atoms with Gasteiger partial charge in [0.25, 0.3) is 0 Å². The molecule has 2 atom stereocenters. The van der Waals surface area contributed by atoms with E-state index in [4.69, 9.17) is 4.74 Å². The molecule has 2 heteroatoms. The summed E-state index contributed by atoms with van der Waals surface area (Å²) in [6.07, 6.45) is 0. The fraction of sp³-hybridized carbons (Fsp3) is 0.625. The van der Waals surface area contributed by atoms with Crippen LogP contribution >= 0.6 is 0 Å². The lowest BCUT2D eigenvalue weighted by atomic mass is 9.99. The number of rotatable bonds is 6. The molecule has 1 rings (SSSR count). The maximum Gasteiger partial charge on any atom is 0.0618 e. The molecule has 2 nitrogen and oxygen atoms in total. The zero-order valence-corrected chi connectivity index (χ0v) is 12.6. The van der Waals surface area contributed by atoms with Crippen LogP contribution in [0.25, 0.3) is 0 Å². The maximum atomic E-state index is 5.28. The quantitative estimate of drug-likeness (QED) is 0.831. The minimum absolute atomic E-state index is 0.354. The molecule has 0 aliphatic heterocycles. The predicted molar refractivity (Wildman–Crippen MR) is 78.0 cm³/mol. The van der Waals surface area contributed by atoms with Crippen molar-refractivity contribution in [1.29, 1.82) is 0 Å². The van der Waals surface area contributed by atoms with E-state index < -0.39 is 0 Å². The molecule has 1 aromatic rings. The van der Waals surface area contributed by atoms with Crippen molar-refractivity contribution in [2.24, 2.45) is 5.92 Å². The second-order valence-corrected chi connectivity index (χ2v) is 5.54. The van der Waals surface area contributed by atoms with Crippen LogP contribution in [0.15, 0.2) is 18.2 Å². The van der Waals surface area contributed by atoms with Crippen molar-refractivity contribution in [2.75, 3.05) is 13.7 Å². The third-order valence-corrected chi connectivity index (χ3v) is 3.65. The predicted octanol–water partition coefficient (Wildman–Crippen LogP) is 3.63. The van der Waals surface area contributed by atoms with Gasteiger partial charge in [0.15, 0.2) is 0 Å². The van der Waals surface area contributed by atoms with Crippen LogP contribution in [0.2, 0.25) is 0 Å². The first-order valence-corrected chi connectivity index (χ1v) is 6.77. The van der Waals surface area contributed by atoms with Crippen LogP contribution < -0.4 is 5.32 Å². The number of methoxy groups -OCH3 is 1. The highest BCUT2D eigenvalue weighted by molar-refractivity contribution is 5.31. The minimum atomic E-state index is 0.354. The van der Waals surface area contributed by atoms with Crippen LogP contribution in [0, 0.1) is 19.8 Å². The van der Waals surface area contributed by atoms with E-state index in [2.05, 4.69) is 58.1 Å². The largest absolute Gasteiger partial charge is 0.383 e. The molecule has 1 aromatic carbocycles. The van der Waals surface area contributed by atoms with Crippen molar-refractivity contribution < 1.29 is 4.74 Å². The van der Waals surface area contributed by atoms with Gasteiger partial charge in [-0.3, -0.25) is 0 Å². The first kappa shape index (κ1) is 15.2. The van der Waals surface area contributed by atoms with E-state index in [1.165, 1.54) is 16.7 Å². The summed E-state index contributed by atoms with van der Waals surface area (Å²) in [6.45, 7) is 11.7. The summed E-state index contributed by atoms with van der Waals surface area (Å²) in [5, 5.41) is 3.66. The molecule has 0 heterocycles. The van der Waals surface area contributed by atoms with E-state index >= 15 is 0 Å². The number of ether oxygens (including phenoxy) is 1. The van der Waals surface area contributed by atoms with Gasteiger partial charge < -0.3 is 10.1 Å². The van der Waals surface area contributed by atoms with Crippen LogP contribution in [-0.2, 0) is 4.74 Å². The molecule has 0 aliphatic carbocycles. The molecule has 102 valence electrons. The maximum absolute atomic E-state index is 5.28. The number of benzene rings is 1. The number of nitrogens with one attached hydrogen (secondary N) is 1. The van der Waals surface area contributed by atoms with Crippen molar-refractivity contribution in [1.82, 2.24) is 5.32 Å². The Morgan fingerprint density at radius 3 is 2.28 bits per heavy atom. The highest BCUT2D eigenvalue weighted by Gasteiger charge is 2.16. The molecule has 0 saturated heterocycles. The highest BCUT2D eigenvalue weighted by atomic mass is 16.5. The van der Waals surface area contributed by atoms with Crippen molar-refractivity contribution in [3.05, 3.63) is 34.9 Å². The smallest absolute Gasteiger partial charge is 0.0618 e. The Balaban J connectivity index is 2.73. The summed E-state index contributed by atoms with van der Waals surface area (Å²) in [6, 6.07) is 7.43. The van der Waals surface area contributed by atoms with Gasteiger partial charge in [-0.25, -0.2) is 0 Å². The van der Waals surface area contributed by atoms with Gasteiger partial charge in [-0.05, 0) is 43.4 Å². The Morgan fingerprint density at radius 2 is 1.78 bits per heavy atom. The lowest BCUT2D eigenvalue weighted by Crippen LogP contribution is -2.39. The lowest BCUT2D eigenvalue weighted by Gasteiger charge is -2.26. The molecule has 2 unspecified atom stereocenters. The fourth-order valence-corrected chi connectivity index (χ4v) is 2.06. The summed E-state index contributed by atoms with van der Waals surface area (Å²) < 4.78 is 5.28. The third-order valence-electron chi connectivity index (χ3n) is 3.65. The minimum Gasteiger partial charge on any atom is -0.383 e. The number of aryl methyl sites for hydroxylation is 2. The Morgan fingerprint density at radius 1 is 1.11 bits per heavy atom. The molecule has 0 aromatic heterocycles. The van der Waals surface area contributed by atoms with E-state index in [-0.39, 0.29) is 0 Å². The van der Waals surface area contributed by atoms with Crippen molar-refractivity contribution in [2.45, 2.75) is 46.7 Å². The number of hydrogen-bond acceptors (Lipinski definition) is 2. The van der Waals surface area contributed by atoms with Crippen LogP contribution in [0.3, 0.4) is 0 Å². The van der Waals surface area contributed by atoms with Crippen LogP contribution in [0.4, 0.5) is 0 Å². The zero-order valence-electron chi connectivity index (χ0n) is 12.6. The fourth-order valence-electron chi connectivity index (χ4n) is 2.06. The van der Waals surface area contributed by atoms with Gasteiger partial charge in [0.2, 0.25) is 0 Å². The molecule has 0 amide bonds. The Hall–Kier alpha value is -0.860. The third kappa shape index (κ3) is 4.11. The molecule has 0 fully saturated rings. The highest BCUT2D eigenvalue weighted by Crippen LogP contribution is 2.18. The van der Waals surface area contributed by atoms with E-state index in [1.807, 2.05) is 0 Å². The topological polar surface area (TPSA) is 21.3 Å². The summed E-state index contributed by atoms with van der Waals surface area (Å²) in [5.41, 5.74) is 4.05. The lowest BCUT2D eigenvalue weighted by molar-refractivity contribution is 0.141. The molecule has 0 radical (unpaired) electrons. The van der Waals surface area contributed by atoms with E-state index in [0.29, 0.717) is 18.0 Å². The van der Waals surface area contributed by atoms with Crippen LogP contribution in [0.5, 0.6) is 0 Å². The van der Waals surface area contributed by atoms with E-state index in [0.717, 1.165) is 6.61 Å². The molecule has 1 N–H and O–H groups in total. The van der Waals surface area contributed by atoms with Gasteiger partial charge in [0.1, 0.15) is 0 Å². The Kier molecular flexibility index (Phi) is 5.83. The molecule has 0 saturated carbocycles. The first-order valence-electron chi connectivity index (χ1n) is 6.77. The standard InChI is InChI=1S/C16H27NO/c1-11(2)16(10-18-6)17-14(5)15-8-7-12(3)13(4)9-15/h7-9,11,14,16-17H,10H2,1-6H3. The SMILES string of the molecule is COCC(NC(C)c1ccc(C)c(C)c1)C(C)C. The van der Waals surface area contributed by atoms with Crippen molar-refractivity contribution >= 4 is 0 Å². The van der Waals surface area contributed by atoms with Gasteiger partial charge in [0, 0.05) is 19.2 Å². The van der Waals surface area contributed by atoms with Gasteiger partial charge >= 0.3 is 0 Å². The second kappa shape index (κ2) is 6.91. The molecule has 0 spiro atoms. The molecule has 18 heavy (non-hydrogen) atoms. The van der Waals surface area contributed by atoms with Crippen LogP contribution in [0.1, 0.15) is 43.5 Å². The molecule has 0 bridgehead atoms. The summed E-state index contributed by atoms with van der Waals surface area (Å²) >= 11 is 0. The van der Waals surface area contributed by atoms with Gasteiger partial charge in [-0.2, -0.15) is 0 Å². The number of hydrogen-bond donors (Lipinski definition) is 1. The monoisotopic (exact) mass is 249 g/mol. The Bertz CT molecular complexity index is 373. The van der Waals surface area contributed by atoms with E-state index in [1.54, 1.807) is 7.11 Å². The van der Waals surface area contributed by atoms with Gasteiger partial charge in [-0.1, -0.05) is 32.0 Å². The van der Waals surface area contributed by atoms with Crippen molar-refractivity contribution in [3.8, 4) is 0 Å². The summed E-state index contributed by atoms with van der Waals surface area (Å²) in [5.74, 6) is 0.568. The second-order valence-electron chi connectivity index (χ2n) is 5.54.